The quantitative estimate of drug-likeness (QED) is 0.363. The van der Waals surface area contributed by atoms with E-state index in [4.69, 9.17) is 14.2 Å². The molecule has 1 N–H and O–H groups in total. The number of hydrogen-bond donors (Lipinski definition) is 1. The van der Waals surface area contributed by atoms with Gasteiger partial charge in [-0.2, -0.15) is 0 Å². The molecule has 0 bridgehead atoms. The SMILES string of the molecule is CC(=O)O[C@@H]1[C@@H](OC(C)=O)[C@@H](I)[C@@H](CI)O[C@@H]1O. The Hall–Kier alpha value is 0.320. The normalized spacial score (nSPS) is 35.9. The van der Waals surface area contributed by atoms with Gasteiger partial charge in [-0.3, -0.25) is 9.59 Å². The average Bonchev–Trinajstić information content (AvgIpc) is 2.27. The maximum atomic E-state index is 11.1. The number of alkyl halides is 2. The van der Waals surface area contributed by atoms with E-state index in [9.17, 15) is 14.7 Å². The molecule has 1 aliphatic heterocycles. The molecule has 1 fully saturated rings. The Morgan fingerprint density at radius 2 is 1.72 bits per heavy atom. The molecule has 0 saturated carbocycles. The summed E-state index contributed by atoms with van der Waals surface area (Å²) in [5.74, 6) is -1.04. The lowest BCUT2D eigenvalue weighted by atomic mass is 10.0. The number of hydrogen-bond acceptors (Lipinski definition) is 6. The van der Waals surface area contributed by atoms with E-state index in [2.05, 4.69) is 45.2 Å². The molecule has 0 radical (unpaired) electrons. The smallest absolute Gasteiger partial charge is 0.303 e. The van der Waals surface area contributed by atoms with Crippen LogP contribution < -0.4 is 0 Å². The first-order chi connectivity index (χ1) is 8.36. The van der Waals surface area contributed by atoms with E-state index in [0.717, 1.165) is 0 Å². The van der Waals surface area contributed by atoms with E-state index in [1.165, 1.54) is 13.8 Å². The molecule has 1 aliphatic rings. The van der Waals surface area contributed by atoms with Gasteiger partial charge in [0.2, 0.25) is 0 Å². The van der Waals surface area contributed by atoms with Crippen LogP contribution in [0.25, 0.3) is 0 Å². The molecule has 8 heteroatoms. The van der Waals surface area contributed by atoms with Gasteiger partial charge in [-0.05, 0) is 0 Å². The van der Waals surface area contributed by atoms with Crippen LogP contribution in [0.3, 0.4) is 0 Å². The van der Waals surface area contributed by atoms with Gasteiger partial charge in [-0.25, -0.2) is 0 Å². The van der Waals surface area contributed by atoms with Crippen LogP contribution in [0.5, 0.6) is 0 Å². The number of aliphatic hydroxyl groups excluding tert-OH is 1. The number of rotatable bonds is 3. The minimum absolute atomic E-state index is 0.198. The molecule has 6 nitrogen and oxygen atoms in total. The van der Waals surface area contributed by atoms with Gasteiger partial charge in [-0.1, -0.05) is 45.2 Å². The summed E-state index contributed by atoms with van der Waals surface area (Å²) in [6.45, 7) is 2.50. The number of esters is 2. The minimum Gasteiger partial charge on any atom is -0.457 e. The van der Waals surface area contributed by atoms with Gasteiger partial charge in [0.25, 0.3) is 0 Å². The summed E-state index contributed by atoms with van der Waals surface area (Å²) in [7, 11) is 0. The largest absolute Gasteiger partial charge is 0.457 e. The summed E-state index contributed by atoms with van der Waals surface area (Å²) in [6.07, 6.45) is -3.26. The summed E-state index contributed by atoms with van der Waals surface area (Å²) in [5, 5.41) is 9.82. The summed E-state index contributed by atoms with van der Waals surface area (Å²) >= 11 is 4.20. The van der Waals surface area contributed by atoms with Crippen LogP contribution in [-0.2, 0) is 23.8 Å². The topological polar surface area (TPSA) is 82.1 Å². The average molecular weight is 484 g/mol. The molecule has 5 atom stereocenters. The number of carbonyl (C=O) groups excluding carboxylic acids is 2. The minimum atomic E-state index is -1.29. The van der Waals surface area contributed by atoms with E-state index in [1.807, 2.05) is 0 Å². The van der Waals surface area contributed by atoms with Crippen LogP contribution in [0.1, 0.15) is 13.8 Å². The van der Waals surface area contributed by atoms with Crippen molar-refractivity contribution in [3.63, 3.8) is 0 Å². The van der Waals surface area contributed by atoms with Gasteiger partial charge < -0.3 is 19.3 Å². The Morgan fingerprint density at radius 3 is 2.17 bits per heavy atom. The number of halogens is 2. The monoisotopic (exact) mass is 484 g/mol. The molecule has 0 aromatic carbocycles. The highest BCUT2D eigenvalue weighted by molar-refractivity contribution is 14.1. The van der Waals surface area contributed by atoms with Crippen molar-refractivity contribution in [1.82, 2.24) is 0 Å². The lowest BCUT2D eigenvalue weighted by Gasteiger charge is -2.41. The zero-order chi connectivity index (χ0) is 13.9. The molecule has 0 spiro atoms. The van der Waals surface area contributed by atoms with Gasteiger partial charge in [-0.15, -0.1) is 0 Å². The molecular weight excluding hydrogens is 470 g/mol. The summed E-state index contributed by atoms with van der Waals surface area (Å²) in [5.41, 5.74) is 0. The zero-order valence-corrected chi connectivity index (χ0v) is 14.2. The van der Waals surface area contributed by atoms with E-state index in [0.29, 0.717) is 4.43 Å². The fourth-order valence-corrected chi connectivity index (χ4v) is 4.36. The molecular formula is C10H14I2O6. The van der Waals surface area contributed by atoms with E-state index in [1.54, 1.807) is 0 Å². The predicted molar refractivity (Wildman–Crippen MR) is 78.7 cm³/mol. The molecule has 0 aromatic rings. The maximum Gasteiger partial charge on any atom is 0.303 e. The van der Waals surface area contributed by atoms with Gasteiger partial charge in [0.1, 0.15) is 0 Å². The van der Waals surface area contributed by atoms with E-state index < -0.39 is 30.4 Å². The van der Waals surface area contributed by atoms with Crippen molar-refractivity contribution in [2.75, 3.05) is 4.43 Å². The fraction of sp³-hybridized carbons (Fsp3) is 0.800. The van der Waals surface area contributed by atoms with Crippen molar-refractivity contribution in [2.45, 2.75) is 42.4 Å². The van der Waals surface area contributed by atoms with Crippen molar-refractivity contribution in [3.05, 3.63) is 0 Å². The molecule has 1 saturated heterocycles. The van der Waals surface area contributed by atoms with Crippen molar-refractivity contribution >= 4 is 57.1 Å². The van der Waals surface area contributed by atoms with Crippen LogP contribution in [-0.4, -0.2) is 50.0 Å². The molecule has 0 amide bonds. The lowest BCUT2D eigenvalue weighted by Crippen LogP contribution is -2.58. The first kappa shape index (κ1) is 16.4. The van der Waals surface area contributed by atoms with Crippen molar-refractivity contribution in [3.8, 4) is 0 Å². The summed E-state index contributed by atoms with van der Waals surface area (Å²) in [4.78, 5) is 22.1. The molecule has 0 aromatic heterocycles. The second kappa shape index (κ2) is 7.20. The van der Waals surface area contributed by atoms with Gasteiger partial charge in [0, 0.05) is 18.3 Å². The molecule has 0 unspecified atom stereocenters. The summed E-state index contributed by atoms with van der Waals surface area (Å²) in [6, 6.07) is 0. The molecule has 0 aliphatic carbocycles. The van der Waals surface area contributed by atoms with Gasteiger partial charge in [0.15, 0.2) is 18.5 Å². The Labute approximate surface area is 132 Å². The van der Waals surface area contributed by atoms with Crippen LogP contribution in [0.2, 0.25) is 0 Å². The Balaban J connectivity index is 2.89. The van der Waals surface area contributed by atoms with Crippen LogP contribution in [0.4, 0.5) is 0 Å². The van der Waals surface area contributed by atoms with E-state index >= 15 is 0 Å². The first-order valence-corrected chi connectivity index (χ1v) is 8.02. The predicted octanol–water partition coefficient (Wildman–Crippen LogP) is 0.806. The second-order valence-corrected chi connectivity index (χ2v) is 6.13. The van der Waals surface area contributed by atoms with Crippen LogP contribution in [0, 0.1) is 0 Å². The van der Waals surface area contributed by atoms with Crippen molar-refractivity contribution in [2.24, 2.45) is 0 Å². The first-order valence-electron chi connectivity index (χ1n) is 5.24. The highest BCUT2D eigenvalue weighted by Gasteiger charge is 2.47. The number of ether oxygens (including phenoxy) is 3. The Bertz CT molecular complexity index is 323. The van der Waals surface area contributed by atoms with Gasteiger partial charge in [0.05, 0.1) is 10.0 Å². The molecule has 104 valence electrons. The summed E-state index contributed by atoms with van der Waals surface area (Å²) < 4.78 is 15.9. The second-order valence-electron chi connectivity index (χ2n) is 3.81. The highest BCUT2D eigenvalue weighted by Crippen LogP contribution is 2.31. The van der Waals surface area contributed by atoms with Crippen LogP contribution >= 0.6 is 45.2 Å². The van der Waals surface area contributed by atoms with E-state index in [-0.39, 0.29) is 10.0 Å². The highest BCUT2D eigenvalue weighted by atomic mass is 127. The maximum absolute atomic E-state index is 11.1. The number of aliphatic hydroxyl groups is 1. The third-order valence-electron chi connectivity index (χ3n) is 2.34. The Morgan fingerprint density at radius 1 is 1.22 bits per heavy atom. The van der Waals surface area contributed by atoms with Crippen molar-refractivity contribution < 1.29 is 28.9 Å². The third-order valence-corrected chi connectivity index (χ3v) is 4.72. The molecule has 1 rings (SSSR count). The standard InChI is InChI=1S/C10H14I2O6/c1-4(13)16-8-7(12)6(3-11)18-10(15)9(8)17-5(2)14/h6-10,15H,3H2,1-2H3/t6-,7+,8+,9-,10+/m1/s1. The van der Waals surface area contributed by atoms with Crippen LogP contribution in [0.15, 0.2) is 0 Å². The third kappa shape index (κ3) is 4.17. The van der Waals surface area contributed by atoms with Gasteiger partial charge >= 0.3 is 11.9 Å². The number of carbonyl (C=O) groups is 2. The Kier molecular flexibility index (Phi) is 6.55. The van der Waals surface area contributed by atoms with Crippen molar-refractivity contribution in [1.29, 1.82) is 0 Å². The zero-order valence-electron chi connectivity index (χ0n) is 9.84. The fourth-order valence-electron chi connectivity index (χ4n) is 1.65. The molecule has 18 heavy (non-hydrogen) atoms. The lowest BCUT2D eigenvalue weighted by molar-refractivity contribution is -0.250. The molecule has 1 heterocycles.